The van der Waals surface area contributed by atoms with Crippen LogP contribution in [0.25, 0.3) is 0 Å². The van der Waals surface area contributed by atoms with Gasteiger partial charge in [-0.2, -0.15) is 0 Å². The second kappa shape index (κ2) is 3.21. The number of carbonyl (C=O) groups is 1. The van der Waals surface area contributed by atoms with Crippen LogP contribution in [0.4, 0.5) is 5.95 Å². The summed E-state index contributed by atoms with van der Waals surface area (Å²) in [6.45, 7) is 3.46. The lowest BCUT2D eigenvalue weighted by Crippen LogP contribution is -2.24. The highest BCUT2D eigenvalue weighted by Gasteiger charge is 2.06. The number of nitrogens with zero attached hydrogens (tertiary/aromatic N) is 3. The van der Waals surface area contributed by atoms with Crippen molar-refractivity contribution >= 4 is 11.9 Å². The first-order valence-corrected chi connectivity index (χ1v) is 3.62. The Balaban J connectivity index is 2.80. The topological polar surface area (TPSA) is 85.8 Å². The number of hydrogen-bond acceptors (Lipinski definition) is 4. The number of anilines is 1. The van der Waals surface area contributed by atoms with Gasteiger partial charge >= 0.3 is 0 Å². The van der Waals surface area contributed by atoms with Gasteiger partial charge in [0.05, 0.1) is 0 Å². The van der Waals surface area contributed by atoms with Gasteiger partial charge in [0.2, 0.25) is 11.9 Å². The molecular weight excluding hydrogens is 158 g/mol. The van der Waals surface area contributed by atoms with Crippen LogP contribution >= 0.6 is 0 Å². The Morgan fingerprint density at radius 1 is 1.67 bits per heavy atom. The molecular formula is C6H11N5O. The monoisotopic (exact) mass is 169 g/mol. The number of rotatable bonds is 2. The van der Waals surface area contributed by atoms with E-state index < -0.39 is 0 Å². The average Bonchev–Trinajstić information content (AvgIpc) is 2.35. The van der Waals surface area contributed by atoms with Gasteiger partial charge in [0.1, 0.15) is 0 Å². The first-order valence-electron chi connectivity index (χ1n) is 3.62. The quantitative estimate of drug-likeness (QED) is 0.633. The van der Waals surface area contributed by atoms with Gasteiger partial charge in [-0.3, -0.25) is 10.2 Å². The predicted octanol–water partition coefficient (Wildman–Crippen LogP) is -0.351. The van der Waals surface area contributed by atoms with E-state index in [0.717, 1.165) is 0 Å². The summed E-state index contributed by atoms with van der Waals surface area (Å²) in [5.74, 6) is 0.633. The molecule has 0 aliphatic heterocycles. The molecule has 0 bridgehead atoms. The highest BCUT2D eigenvalue weighted by molar-refractivity contribution is 5.83. The van der Waals surface area contributed by atoms with Crippen LogP contribution in [0.15, 0.2) is 0 Å². The van der Waals surface area contributed by atoms with Gasteiger partial charge < -0.3 is 5.73 Å². The maximum absolute atomic E-state index is 10.9. The number of nitrogens with two attached hydrogens (primary N) is 1. The van der Waals surface area contributed by atoms with Crippen molar-refractivity contribution in [2.24, 2.45) is 0 Å². The Labute approximate surface area is 69.7 Å². The molecule has 1 aromatic heterocycles. The van der Waals surface area contributed by atoms with E-state index in [-0.39, 0.29) is 11.9 Å². The number of nitrogens with one attached hydrogen (secondary N) is 1. The molecule has 6 heteroatoms. The summed E-state index contributed by atoms with van der Waals surface area (Å²) in [5.41, 5.74) is 7.95. The maximum atomic E-state index is 10.9. The Bertz CT molecular complexity index is 273. The zero-order chi connectivity index (χ0) is 9.14. The van der Waals surface area contributed by atoms with E-state index in [0.29, 0.717) is 12.2 Å². The largest absolute Gasteiger partial charge is 0.366 e. The fraction of sp³-hybridized carbons (Fsp3) is 0.500. The zero-order valence-corrected chi connectivity index (χ0v) is 7.03. The number of aryl methyl sites for hydroxylation is 1. The molecule has 1 amide bonds. The third-order valence-corrected chi connectivity index (χ3v) is 1.41. The summed E-state index contributed by atoms with van der Waals surface area (Å²) >= 11 is 0. The molecule has 0 fully saturated rings. The second-order valence-electron chi connectivity index (χ2n) is 2.33. The van der Waals surface area contributed by atoms with Crippen LogP contribution in [0.5, 0.6) is 0 Å². The van der Waals surface area contributed by atoms with Crippen LogP contribution in [-0.4, -0.2) is 20.8 Å². The molecule has 1 rings (SSSR count). The molecule has 0 unspecified atom stereocenters. The van der Waals surface area contributed by atoms with Crippen molar-refractivity contribution in [3.63, 3.8) is 0 Å². The number of amides is 1. The predicted molar refractivity (Wildman–Crippen MR) is 43.8 cm³/mol. The minimum atomic E-state index is -0.121. The molecule has 1 aromatic rings. The molecule has 0 spiro atoms. The van der Waals surface area contributed by atoms with Crippen molar-refractivity contribution in [3.05, 3.63) is 5.82 Å². The smallest absolute Gasteiger partial charge is 0.241 e. The lowest BCUT2D eigenvalue weighted by atomic mass is 10.5. The van der Waals surface area contributed by atoms with E-state index in [2.05, 4.69) is 15.6 Å². The SMILES string of the molecule is CCC(=O)Nn1c(C)nnc1N. The van der Waals surface area contributed by atoms with Gasteiger partial charge in [-0.25, -0.2) is 4.68 Å². The van der Waals surface area contributed by atoms with Crippen LogP contribution in [-0.2, 0) is 4.79 Å². The molecule has 0 aliphatic carbocycles. The van der Waals surface area contributed by atoms with Crippen LogP contribution < -0.4 is 11.2 Å². The van der Waals surface area contributed by atoms with E-state index in [1.54, 1.807) is 13.8 Å². The standard InChI is InChI=1S/C6H11N5O/c1-3-5(12)10-11-4(2)8-9-6(11)7/h3H2,1-2H3,(H2,7,9)(H,10,12). The normalized spacial score (nSPS) is 9.83. The summed E-state index contributed by atoms with van der Waals surface area (Å²) < 4.78 is 1.35. The van der Waals surface area contributed by atoms with Gasteiger partial charge in [-0.05, 0) is 6.92 Å². The van der Waals surface area contributed by atoms with Gasteiger partial charge in [0, 0.05) is 6.42 Å². The summed E-state index contributed by atoms with van der Waals surface area (Å²) in [5, 5.41) is 7.26. The fourth-order valence-corrected chi connectivity index (χ4v) is 0.721. The zero-order valence-electron chi connectivity index (χ0n) is 7.03. The van der Waals surface area contributed by atoms with Crippen molar-refractivity contribution in [1.29, 1.82) is 0 Å². The summed E-state index contributed by atoms with van der Waals surface area (Å²) in [6, 6.07) is 0. The molecule has 1 heterocycles. The maximum Gasteiger partial charge on any atom is 0.241 e. The summed E-state index contributed by atoms with van der Waals surface area (Å²) in [7, 11) is 0. The Kier molecular flexibility index (Phi) is 2.27. The van der Waals surface area contributed by atoms with E-state index >= 15 is 0 Å². The van der Waals surface area contributed by atoms with Crippen molar-refractivity contribution in [2.45, 2.75) is 20.3 Å². The first-order chi connectivity index (χ1) is 5.65. The molecule has 0 saturated heterocycles. The van der Waals surface area contributed by atoms with Crippen molar-refractivity contribution in [2.75, 3.05) is 11.2 Å². The Morgan fingerprint density at radius 3 is 2.75 bits per heavy atom. The molecule has 0 saturated carbocycles. The molecule has 0 aromatic carbocycles. The van der Waals surface area contributed by atoms with Crippen LogP contribution in [0.1, 0.15) is 19.2 Å². The molecule has 0 aliphatic rings. The third-order valence-electron chi connectivity index (χ3n) is 1.41. The van der Waals surface area contributed by atoms with Crippen LogP contribution in [0, 0.1) is 6.92 Å². The highest BCUT2D eigenvalue weighted by Crippen LogP contribution is 1.98. The third kappa shape index (κ3) is 1.52. The molecule has 0 radical (unpaired) electrons. The Morgan fingerprint density at radius 2 is 2.33 bits per heavy atom. The van der Waals surface area contributed by atoms with Crippen LogP contribution in [0.3, 0.4) is 0 Å². The van der Waals surface area contributed by atoms with Gasteiger partial charge in [-0.1, -0.05) is 6.92 Å². The van der Waals surface area contributed by atoms with Gasteiger partial charge in [0.25, 0.3) is 0 Å². The molecule has 66 valence electrons. The second-order valence-corrected chi connectivity index (χ2v) is 2.33. The highest BCUT2D eigenvalue weighted by atomic mass is 16.2. The number of hydrogen-bond donors (Lipinski definition) is 2. The lowest BCUT2D eigenvalue weighted by Gasteiger charge is -2.05. The number of nitrogen functional groups attached to an aromatic ring is 1. The van der Waals surface area contributed by atoms with Gasteiger partial charge in [0.15, 0.2) is 5.82 Å². The van der Waals surface area contributed by atoms with Crippen molar-refractivity contribution < 1.29 is 4.79 Å². The molecule has 3 N–H and O–H groups in total. The first kappa shape index (κ1) is 8.51. The van der Waals surface area contributed by atoms with Crippen LogP contribution in [0.2, 0.25) is 0 Å². The summed E-state index contributed by atoms with van der Waals surface area (Å²) in [4.78, 5) is 10.9. The van der Waals surface area contributed by atoms with E-state index in [1.165, 1.54) is 4.68 Å². The van der Waals surface area contributed by atoms with Crippen molar-refractivity contribution in [1.82, 2.24) is 14.9 Å². The minimum absolute atomic E-state index is 0.121. The van der Waals surface area contributed by atoms with Gasteiger partial charge in [-0.15, -0.1) is 10.2 Å². The lowest BCUT2D eigenvalue weighted by molar-refractivity contribution is -0.116. The van der Waals surface area contributed by atoms with Crippen molar-refractivity contribution in [3.8, 4) is 0 Å². The molecule has 0 atom stereocenters. The summed E-state index contributed by atoms with van der Waals surface area (Å²) in [6.07, 6.45) is 0.400. The molecule has 6 nitrogen and oxygen atoms in total. The fourth-order valence-electron chi connectivity index (χ4n) is 0.721. The van der Waals surface area contributed by atoms with E-state index in [9.17, 15) is 4.79 Å². The Hall–Kier alpha value is -1.59. The number of aromatic nitrogens is 3. The minimum Gasteiger partial charge on any atom is -0.366 e. The number of carbonyl (C=O) groups excluding carboxylic acids is 1. The van der Waals surface area contributed by atoms with E-state index in [4.69, 9.17) is 5.73 Å². The average molecular weight is 169 g/mol. The van der Waals surface area contributed by atoms with E-state index in [1.807, 2.05) is 0 Å². The molecule has 12 heavy (non-hydrogen) atoms.